The molecule has 0 bridgehead atoms. The Labute approximate surface area is 97.3 Å². The van der Waals surface area contributed by atoms with Gasteiger partial charge in [0.2, 0.25) is 0 Å². The van der Waals surface area contributed by atoms with Crippen LogP contribution >= 0.6 is 0 Å². The number of aliphatic hydroxyl groups is 2. The van der Waals surface area contributed by atoms with E-state index in [0.717, 1.165) is 24.2 Å². The second-order valence-electron chi connectivity index (χ2n) is 4.33. The van der Waals surface area contributed by atoms with Crippen molar-refractivity contribution in [3.8, 4) is 0 Å². The molecule has 0 saturated heterocycles. The zero-order chi connectivity index (χ0) is 12.1. The summed E-state index contributed by atoms with van der Waals surface area (Å²) in [5.74, 6) is 0. The van der Waals surface area contributed by atoms with Gasteiger partial charge in [0, 0.05) is 19.3 Å². The van der Waals surface area contributed by atoms with Crippen molar-refractivity contribution in [2.75, 3.05) is 18.5 Å². The van der Waals surface area contributed by atoms with E-state index in [2.05, 4.69) is 4.90 Å². The molecule has 0 amide bonds. The van der Waals surface area contributed by atoms with E-state index >= 15 is 0 Å². The molecule has 2 atom stereocenters. The summed E-state index contributed by atoms with van der Waals surface area (Å²) >= 11 is 0. The van der Waals surface area contributed by atoms with Gasteiger partial charge in [-0.2, -0.15) is 0 Å². The van der Waals surface area contributed by atoms with Crippen LogP contribution in [0.1, 0.15) is 31.9 Å². The van der Waals surface area contributed by atoms with Gasteiger partial charge < -0.3 is 15.1 Å². The third-order valence-electron chi connectivity index (χ3n) is 2.70. The molecule has 0 fully saturated rings. The van der Waals surface area contributed by atoms with Crippen LogP contribution in [-0.4, -0.2) is 29.9 Å². The van der Waals surface area contributed by atoms with Crippen LogP contribution in [-0.2, 0) is 0 Å². The van der Waals surface area contributed by atoms with Crippen LogP contribution in [0.4, 0.5) is 5.69 Å². The minimum absolute atomic E-state index is 0.265. The van der Waals surface area contributed by atoms with Crippen LogP contribution in [0.5, 0.6) is 0 Å². The number of hydrogen-bond donors (Lipinski definition) is 2. The van der Waals surface area contributed by atoms with Crippen molar-refractivity contribution in [3.05, 3.63) is 29.8 Å². The van der Waals surface area contributed by atoms with Crippen LogP contribution in [0.25, 0.3) is 0 Å². The van der Waals surface area contributed by atoms with Crippen molar-refractivity contribution in [2.24, 2.45) is 0 Å². The molecule has 2 N–H and O–H groups in total. The molecule has 90 valence electrons. The lowest BCUT2D eigenvalue weighted by molar-refractivity contribution is 0.187. The minimum atomic E-state index is -0.420. The molecule has 0 saturated carbocycles. The van der Waals surface area contributed by atoms with Gasteiger partial charge in [-0.25, -0.2) is 0 Å². The Balaban J connectivity index is 2.59. The molecule has 1 aromatic rings. The second-order valence-corrected chi connectivity index (χ2v) is 4.33. The molecule has 2 unspecified atom stereocenters. The van der Waals surface area contributed by atoms with Crippen LogP contribution in [0.2, 0.25) is 0 Å². The summed E-state index contributed by atoms with van der Waals surface area (Å²) in [6.07, 6.45) is 0.0743. The molecule has 3 heteroatoms. The van der Waals surface area contributed by atoms with E-state index in [9.17, 15) is 10.2 Å². The lowest BCUT2D eigenvalue weighted by Crippen LogP contribution is -2.21. The van der Waals surface area contributed by atoms with E-state index in [4.69, 9.17) is 0 Å². The van der Waals surface area contributed by atoms with Crippen molar-refractivity contribution in [1.29, 1.82) is 0 Å². The largest absolute Gasteiger partial charge is 0.393 e. The first-order valence-electron chi connectivity index (χ1n) is 5.68. The van der Waals surface area contributed by atoms with Crippen molar-refractivity contribution in [1.82, 2.24) is 0 Å². The zero-order valence-electron chi connectivity index (χ0n) is 10.2. The molecule has 0 heterocycles. The average molecular weight is 223 g/mol. The second kappa shape index (κ2) is 5.87. The molecular formula is C13H21NO2. The average Bonchev–Trinajstić information content (AvgIpc) is 2.26. The molecule has 0 aliphatic carbocycles. The molecule has 0 aromatic heterocycles. The fourth-order valence-corrected chi connectivity index (χ4v) is 1.52. The van der Waals surface area contributed by atoms with Gasteiger partial charge in [-0.15, -0.1) is 0 Å². The number of hydrogen-bond acceptors (Lipinski definition) is 3. The molecule has 1 aromatic carbocycles. The van der Waals surface area contributed by atoms with Gasteiger partial charge >= 0.3 is 0 Å². The number of aliphatic hydroxyl groups excluding tert-OH is 2. The van der Waals surface area contributed by atoms with Crippen LogP contribution in [0.15, 0.2) is 24.3 Å². The van der Waals surface area contributed by atoms with E-state index in [1.807, 2.05) is 31.3 Å². The monoisotopic (exact) mass is 223 g/mol. The Hall–Kier alpha value is -1.06. The van der Waals surface area contributed by atoms with Crippen molar-refractivity contribution in [3.63, 3.8) is 0 Å². The van der Waals surface area contributed by atoms with Crippen LogP contribution < -0.4 is 4.90 Å². The number of anilines is 1. The van der Waals surface area contributed by atoms with Gasteiger partial charge in [0.15, 0.2) is 0 Å². The van der Waals surface area contributed by atoms with E-state index in [0.29, 0.717) is 0 Å². The Morgan fingerprint density at radius 2 is 1.69 bits per heavy atom. The highest BCUT2D eigenvalue weighted by molar-refractivity contribution is 5.47. The van der Waals surface area contributed by atoms with Gasteiger partial charge in [0.1, 0.15) is 0 Å². The Bertz CT molecular complexity index is 306. The summed E-state index contributed by atoms with van der Waals surface area (Å²) in [4.78, 5) is 2.10. The van der Waals surface area contributed by atoms with Crippen molar-refractivity contribution in [2.45, 2.75) is 32.5 Å². The highest BCUT2D eigenvalue weighted by Crippen LogP contribution is 2.18. The number of nitrogens with zero attached hydrogens (tertiary/aromatic N) is 1. The summed E-state index contributed by atoms with van der Waals surface area (Å²) in [6.45, 7) is 4.38. The Morgan fingerprint density at radius 3 is 2.12 bits per heavy atom. The third-order valence-corrected chi connectivity index (χ3v) is 2.70. The van der Waals surface area contributed by atoms with E-state index in [1.54, 1.807) is 13.8 Å². The standard InChI is InChI=1S/C13H21NO2/c1-10(15)8-9-14(3)13-6-4-12(5-7-13)11(2)16/h4-7,10-11,15-16H,8-9H2,1-3H3. The first-order chi connectivity index (χ1) is 7.50. The Morgan fingerprint density at radius 1 is 1.12 bits per heavy atom. The first kappa shape index (κ1) is 13.0. The SMILES string of the molecule is CC(O)CCN(C)c1ccc(C(C)O)cc1. The van der Waals surface area contributed by atoms with Gasteiger partial charge in [0.25, 0.3) is 0 Å². The predicted molar refractivity (Wildman–Crippen MR) is 66.6 cm³/mol. The lowest BCUT2D eigenvalue weighted by Gasteiger charge is -2.20. The predicted octanol–water partition coefficient (Wildman–Crippen LogP) is 1.95. The van der Waals surface area contributed by atoms with E-state index in [1.165, 1.54) is 0 Å². The molecular weight excluding hydrogens is 202 g/mol. The van der Waals surface area contributed by atoms with Crippen molar-refractivity contribution < 1.29 is 10.2 Å². The lowest BCUT2D eigenvalue weighted by atomic mass is 10.1. The summed E-state index contributed by atoms with van der Waals surface area (Å²) in [7, 11) is 2.00. The van der Waals surface area contributed by atoms with Gasteiger partial charge in [-0.05, 0) is 38.0 Å². The maximum absolute atomic E-state index is 9.38. The van der Waals surface area contributed by atoms with Crippen molar-refractivity contribution >= 4 is 5.69 Å². The van der Waals surface area contributed by atoms with E-state index < -0.39 is 6.10 Å². The maximum Gasteiger partial charge on any atom is 0.0761 e. The van der Waals surface area contributed by atoms with Crippen LogP contribution in [0.3, 0.4) is 0 Å². The fourth-order valence-electron chi connectivity index (χ4n) is 1.52. The molecule has 3 nitrogen and oxygen atoms in total. The molecule has 0 radical (unpaired) electrons. The topological polar surface area (TPSA) is 43.7 Å². The van der Waals surface area contributed by atoms with Gasteiger partial charge in [-0.1, -0.05) is 12.1 Å². The zero-order valence-corrected chi connectivity index (χ0v) is 10.2. The number of benzene rings is 1. The molecule has 0 spiro atoms. The molecule has 16 heavy (non-hydrogen) atoms. The van der Waals surface area contributed by atoms with Crippen LogP contribution in [0, 0.1) is 0 Å². The summed E-state index contributed by atoms with van der Waals surface area (Å²) in [5, 5.41) is 18.6. The summed E-state index contributed by atoms with van der Waals surface area (Å²) < 4.78 is 0. The van der Waals surface area contributed by atoms with Gasteiger partial charge in [-0.3, -0.25) is 0 Å². The van der Waals surface area contributed by atoms with E-state index in [-0.39, 0.29) is 6.10 Å². The normalized spacial score (nSPS) is 14.6. The quantitative estimate of drug-likeness (QED) is 0.802. The molecule has 1 rings (SSSR count). The highest BCUT2D eigenvalue weighted by atomic mass is 16.3. The summed E-state index contributed by atoms with van der Waals surface area (Å²) in [6, 6.07) is 7.84. The molecule has 0 aliphatic rings. The molecule has 0 aliphatic heterocycles. The third kappa shape index (κ3) is 3.83. The maximum atomic E-state index is 9.38. The first-order valence-corrected chi connectivity index (χ1v) is 5.68. The minimum Gasteiger partial charge on any atom is -0.393 e. The summed E-state index contributed by atoms with van der Waals surface area (Å²) in [5.41, 5.74) is 2.03. The highest BCUT2D eigenvalue weighted by Gasteiger charge is 2.04. The van der Waals surface area contributed by atoms with Gasteiger partial charge in [0.05, 0.1) is 12.2 Å². The smallest absolute Gasteiger partial charge is 0.0761 e. The Kier molecular flexibility index (Phi) is 4.77. The number of rotatable bonds is 5. The fraction of sp³-hybridized carbons (Fsp3) is 0.538.